The second-order valence-electron chi connectivity index (χ2n) is 5.15. The molecule has 1 aromatic heterocycles. The fourth-order valence-electron chi connectivity index (χ4n) is 2.62. The average Bonchev–Trinajstić information content (AvgIpc) is 2.94. The molecule has 1 aliphatic heterocycles. The molecule has 0 aromatic carbocycles. The highest BCUT2D eigenvalue weighted by Gasteiger charge is 2.29. The molecule has 1 aromatic rings. The minimum atomic E-state index is 0.552. The number of nitrogens with zero attached hydrogens (tertiary/aromatic N) is 2. The molecule has 0 bridgehead atoms. The molecule has 102 valence electrons. The van der Waals surface area contributed by atoms with E-state index in [1.165, 1.54) is 12.8 Å². The molecular weight excluding hydrogens is 246 g/mol. The van der Waals surface area contributed by atoms with Crippen molar-refractivity contribution in [2.75, 3.05) is 18.6 Å². The lowest BCUT2D eigenvalue weighted by Gasteiger charge is -2.27. The van der Waals surface area contributed by atoms with E-state index in [-0.39, 0.29) is 0 Å². The number of methoxy groups -OCH3 is 1. The first kappa shape index (κ1) is 13.8. The Labute approximate surface area is 113 Å². The maximum Gasteiger partial charge on any atom is 0.186 e. The molecule has 5 heteroatoms. The van der Waals surface area contributed by atoms with Crippen LogP contribution in [-0.4, -0.2) is 24.7 Å². The maximum atomic E-state index is 5.78. The van der Waals surface area contributed by atoms with Crippen molar-refractivity contribution in [3.05, 3.63) is 10.6 Å². The predicted octanol–water partition coefficient (Wildman–Crippen LogP) is 2.37. The molecule has 1 unspecified atom stereocenters. The molecule has 1 fully saturated rings. The topological polar surface area (TPSA) is 51.4 Å². The standard InChI is InChI=1S/C13H23N3OS/c1-9(2)11-5-4-6-16(11)13-15-10(8-17-3)12(7-14)18-13/h9,11H,4-8,14H2,1-3H3. The van der Waals surface area contributed by atoms with Crippen LogP contribution in [0.4, 0.5) is 5.13 Å². The number of rotatable bonds is 5. The summed E-state index contributed by atoms with van der Waals surface area (Å²) in [5, 5.41) is 1.12. The zero-order chi connectivity index (χ0) is 13.1. The summed E-state index contributed by atoms with van der Waals surface area (Å²) in [5.74, 6) is 0.670. The van der Waals surface area contributed by atoms with Gasteiger partial charge in [0.05, 0.1) is 12.3 Å². The summed E-state index contributed by atoms with van der Waals surface area (Å²) in [5.41, 5.74) is 6.79. The van der Waals surface area contributed by atoms with Gasteiger partial charge in [0.2, 0.25) is 0 Å². The second-order valence-corrected chi connectivity index (χ2v) is 6.21. The van der Waals surface area contributed by atoms with Gasteiger partial charge in [-0.3, -0.25) is 0 Å². The van der Waals surface area contributed by atoms with Crippen molar-refractivity contribution in [1.82, 2.24) is 4.98 Å². The third-order valence-corrected chi connectivity index (χ3v) is 4.70. The number of aromatic nitrogens is 1. The highest BCUT2D eigenvalue weighted by Crippen LogP contribution is 2.34. The summed E-state index contributed by atoms with van der Waals surface area (Å²) in [7, 11) is 1.70. The summed E-state index contributed by atoms with van der Waals surface area (Å²) >= 11 is 1.73. The minimum Gasteiger partial charge on any atom is -0.378 e. The van der Waals surface area contributed by atoms with Gasteiger partial charge in [-0.25, -0.2) is 4.98 Å². The highest BCUT2D eigenvalue weighted by molar-refractivity contribution is 7.15. The average molecular weight is 269 g/mol. The predicted molar refractivity (Wildman–Crippen MR) is 75.9 cm³/mol. The van der Waals surface area contributed by atoms with E-state index in [9.17, 15) is 0 Å². The third-order valence-electron chi connectivity index (χ3n) is 3.55. The number of hydrogen-bond acceptors (Lipinski definition) is 5. The van der Waals surface area contributed by atoms with Gasteiger partial charge in [-0.05, 0) is 18.8 Å². The first-order valence-electron chi connectivity index (χ1n) is 6.61. The van der Waals surface area contributed by atoms with E-state index >= 15 is 0 Å². The molecule has 0 aliphatic carbocycles. The quantitative estimate of drug-likeness (QED) is 0.891. The van der Waals surface area contributed by atoms with E-state index < -0.39 is 0 Å². The van der Waals surface area contributed by atoms with Crippen LogP contribution in [0.3, 0.4) is 0 Å². The van der Waals surface area contributed by atoms with Gasteiger partial charge in [0.15, 0.2) is 5.13 Å². The zero-order valence-electron chi connectivity index (χ0n) is 11.5. The van der Waals surface area contributed by atoms with Crippen LogP contribution in [0.15, 0.2) is 0 Å². The van der Waals surface area contributed by atoms with Crippen molar-refractivity contribution in [1.29, 1.82) is 0 Å². The van der Waals surface area contributed by atoms with Gasteiger partial charge in [-0.1, -0.05) is 13.8 Å². The Bertz CT molecular complexity index is 392. The molecular formula is C13H23N3OS. The highest BCUT2D eigenvalue weighted by atomic mass is 32.1. The van der Waals surface area contributed by atoms with E-state index in [4.69, 9.17) is 15.5 Å². The Morgan fingerprint density at radius 3 is 2.94 bits per heavy atom. The smallest absolute Gasteiger partial charge is 0.186 e. The number of ether oxygens (including phenoxy) is 1. The van der Waals surface area contributed by atoms with Crippen molar-refractivity contribution in [2.24, 2.45) is 11.7 Å². The Morgan fingerprint density at radius 1 is 1.56 bits per heavy atom. The van der Waals surface area contributed by atoms with Crippen LogP contribution in [0, 0.1) is 5.92 Å². The van der Waals surface area contributed by atoms with E-state index in [0.717, 1.165) is 22.2 Å². The Morgan fingerprint density at radius 2 is 2.33 bits per heavy atom. The summed E-state index contributed by atoms with van der Waals surface area (Å²) in [6.45, 7) is 6.81. The lowest BCUT2D eigenvalue weighted by Crippen LogP contribution is -2.33. The van der Waals surface area contributed by atoms with Crippen LogP contribution in [0.5, 0.6) is 0 Å². The molecule has 0 saturated carbocycles. The van der Waals surface area contributed by atoms with E-state index in [1.54, 1.807) is 18.4 Å². The molecule has 18 heavy (non-hydrogen) atoms. The van der Waals surface area contributed by atoms with Crippen LogP contribution in [0.1, 0.15) is 37.3 Å². The van der Waals surface area contributed by atoms with Gasteiger partial charge in [-0.2, -0.15) is 0 Å². The summed E-state index contributed by atoms with van der Waals surface area (Å²) in [6.07, 6.45) is 2.54. The van der Waals surface area contributed by atoms with E-state index in [0.29, 0.717) is 25.1 Å². The van der Waals surface area contributed by atoms with Crippen LogP contribution >= 0.6 is 11.3 Å². The van der Waals surface area contributed by atoms with Gasteiger partial charge >= 0.3 is 0 Å². The molecule has 0 amide bonds. The van der Waals surface area contributed by atoms with Crippen molar-refractivity contribution in [2.45, 2.75) is 45.9 Å². The van der Waals surface area contributed by atoms with Crippen LogP contribution in [0.2, 0.25) is 0 Å². The summed E-state index contributed by atoms with van der Waals surface area (Å²) in [6, 6.07) is 0.622. The molecule has 0 radical (unpaired) electrons. The van der Waals surface area contributed by atoms with Crippen molar-refractivity contribution < 1.29 is 4.74 Å². The van der Waals surface area contributed by atoms with Crippen LogP contribution in [0.25, 0.3) is 0 Å². The molecule has 2 rings (SSSR count). The van der Waals surface area contributed by atoms with Gasteiger partial charge in [-0.15, -0.1) is 11.3 Å². The molecule has 1 atom stereocenters. The number of thiazole rings is 1. The molecule has 1 saturated heterocycles. The molecule has 0 spiro atoms. The van der Waals surface area contributed by atoms with Crippen molar-refractivity contribution in [3.63, 3.8) is 0 Å². The fraction of sp³-hybridized carbons (Fsp3) is 0.769. The lowest BCUT2D eigenvalue weighted by atomic mass is 10.0. The Hall–Kier alpha value is -0.650. The first-order valence-corrected chi connectivity index (χ1v) is 7.43. The number of anilines is 1. The van der Waals surface area contributed by atoms with Gasteiger partial charge < -0.3 is 15.4 Å². The van der Waals surface area contributed by atoms with Gasteiger partial charge in [0, 0.05) is 31.1 Å². The molecule has 2 N–H and O–H groups in total. The summed E-state index contributed by atoms with van der Waals surface area (Å²) < 4.78 is 5.19. The monoisotopic (exact) mass is 269 g/mol. The number of nitrogens with two attached hydrogens (primary N) is 1. The first-order chi connectivity index (χ1) is 8.67. The summed E-state index contributed by atoms with van der Waals surface area (Å²) in [4.78, 5) is 8.33. The third kappa shape index (κ3) is 2.68. The Balaban J connectivity index is 2.22. The van der Waals surface area contributed by atoms with Crippen molar-refractivity contribution in [3.8, 4) is 0 Å². The second kappa shape index (κ2) is 5.99. The van der Waals surface area contributed by atoms with Crippen LogP contribution < -0.4 is 10.6 Å². The number of hydrogen-bond donors (Lipinski definition) is 1. The molecule has 4 nitrogen and oxygen atoms in total. The van der Waals surface area contributed by atoms with Gasteiger partial charge in [0.25, 0.3) is 0 Å². The normalized spacial score (nSPS) is 20.1. The van der Waals surface area contributed by atoms with E-state index in [1.807, 2.05) is 0 Å². The largest absolute Gasteiger partial charge is 0.378 e. The van der Waals surface area contributed by atoms with E-state index in [2.05, 4.69) is 18.7 Å². The Kier molecular flexibility index (Phi) is 4.59. The van der Waals surface area contributed by atoms with Crippen LogP contribution in [-0.2, 0) is 17.9 Å². The zero-order valence-corrected chi connectivity index (χ0v) is 12.3. The maximum absolute atomic E-state index is 5.78. The SMILES string of the molecule is COCc1nc(N2CCCC2C(C)C)sc1CN. The van der Waals surface area contributed by atoms with Crippen molar-refractivity contribution >= 4 is 16.5 Å². The molecule has 1 aliphatic rings. The van der Waals surface area contributed by atoms with Gasteiger partial charge in [0.1, 0.15) is 0 Å². The lowest BCUT2D eigenvalue weighted by molar-refractivity contribution is 0.181. The fourth-order valence-corrected chi connectivity index (χ4v) is 3.65. The minimum absolute atomic E-state index is 0.552. The molecule has 2 heterocycles.